The molecule has 1 aliphatic heterocycles. The van der Waals surface area contributed by atoms with Gasteiger partial charge in [0.05, 0.1) is 5.69 Å². The van der Waals surface area contributed by atoms with Gasteiger partial charge in [0.2, 0.25) is 5.91 Å². The molecule has 0 radical (unpaired) electrons. The Balaban J connectivity index is 1.30. The normalized spacial score (nSPS) is 24.1. The summed E-state index contributed by atoms with van der Waals surface area (Å²) < 4.78 is 0. The standard InChI is InChI=1S/C25H29N5O3S/c1-14-9-24(3,4)13-25(10-14)21(32)30(23(33)29-25)11-19(31)28-22-27-18(12-34-22)20-15(2)26-17-8-6-5-7-16(17)20/h5-8,12,14,26H,9-11,13H2,1-4H3,(H,29,33)(H,27,28,31). The van der Waals surface area contributed by atoms with Gasteiger partial charge < -0.3 is 15.6 Å². The number of carbonyl (C=O) groups excluding carboxylic acids is 3. The van der Waals surface area contributed by atoms with E-state index in [1.54, 1.807) is 0 Å². The number of fused-ring (bicyclic) bond motifs is 1. The SMILES string of the molecule is Cc1[nH]c2ccccc2c1-c1csc(NC(=O)CN2C(=O)NC3(CC(C)CC(C)(C)C3)C2=O)n1. The first-order chi connectivity index (χ1) is 16.1. The highest BCUT2D eigenvalue weighted by Gasteiger charge is 2.56. The zero-order chi connectivity index (χ0) is 24.3. The number of amides is 4. The van der Waals surface area contributed by atoms with Gasteiger partial charge in [-0.15, -0.1) is 11.3 Å². The number of nitrogens with zero attached hydrogens (tertiary/aromatic N) is 2. The largest absolute Gasteiger partial charge is 0.358 e. The summed E-state index contributed by atoms with van der Waals surface area (Å²) in [5, 5.41) is 9.06. The van der Waals surface area contributed by atoms with Crippen LogP contribution in [0.4, 0.5) is 9.93 Å². The van der Waals surface area contributed by atoms with Crippen molar-refractivity contribution in [2.45, 2.75) is 52.5 Å². The molecular formula is C25H29N5O3S. The number of imide groups is 1. The minimum atomic E-state index is -0.917. The number of aromatic nitrogens is 2. The van der Waals surface area contributed by atoms with Crippen LogP contribution in [0, 0.1) is 18.3 Å². The predicted molar refractivity (Wildman–Crippen MR) is 133 cm³/mol. The minimum absolute atomic E-state index is 0.0588. The fraction of sp³-hybridized carbons (Fsp3) is 0.440. The number of anilines is 1. The molecule has 3 heterocycles. The van der Waals surface area contributed by atoms with Crippen LogP contribution in [0.5, 0.6) is 0 Å². The highest BCUT2D eigenvalue weighted by atomic mass is 32.1. The lowest BCUT2D eigenvalue weighted by atomic mass is 9.64. The van der Waals surface area contributed by atoms with Gasteiger partial charge in [-0.1, -0.05) is 39.0 Å². The van der Waals surface area contributed by atoms with Crippen LogP contribution in [-0.4, -0.2) is 44.8 Å². The van der Waals surface area contributed by atoms with Crippen molar-refractivity contribution in [2.24, 2.45) is 11.3 Å². The number of hydrogen-bond donors (Lipinski definition) is 3. The molecule has 178 valence electrons. The van der Waals surface area contributed by atoms with E-state index in [2.05, 4.69) is 41.4 Å². The monoisotopic (exact) mass is 479 g/mol. The van der Waals surface area contributed by atoms with Gasteiger partial charge in [0.15, 0.2) is 5.13 Å². The van der Waals surface area contributed by atoms with E-state index in [0.29, 0.717) is 23.9 Å². The molecule has 1 aromatic carbocycles. The maximum Gasteiger partial charge on any atom is 0.325 e. The second-order valence-corrected chi connectivity index (χ2v) is 11.4. The molecule has 1 aliphatic carbocycles. The van der Waals surface area contributed by atoms with Crippen molar-refractivity contribution in [2.75, 3.05) is 11.9 Å². The average Bonchev–Trinajstić information content (AvgIpc) is 3.37. The van der Waals surface area contributed by atoms with Crippen LogP contribution in [0.3, 0.4) is 0 Å². The summed E-state index contributed by atoms with van der Waals surface area (Å²) in [5.41, 5.74) is 2.82. The van der Waals surface area contributed by atoms with Crippen molar-refractivity contribution in [1.82, 2.24) is 20.2 Å². The van der Waals surface area contributed by atoms with E-state index in [0.717, 1.165) is 39.2 Å². The van der Waals surface area contributed by atoms with Crippen LogP contribution in [0.2, 0.25) is 0 Å². The molecule has 1 saturated heterocycles. The molecule has 1 saturated carbocycles. The first-order valence-corrected chi connectivity index (χ1v) is 12.4. The lowest BCUT2D eigenvalue weighted by Crippen LogP contribution is -2.54. The summed E-state index contributed by atoms with van der Waals surface area (Å²) in [7, 11) is 0. The van der Waals surface area contributed by atoms with Gasteiger partial charge in [0, 0.05) is 27.5 Å². The summed E-state index contributed by atoms with van der Waals surface area (Å²) >= 11 is 1.31. The second kappa shape index (κ2) is 7.94. The molecule has 3 aromatic rings. The quantitative estimate of drug-likeness (QED) is 0.473. The van der Waals surface area contributed by atoms with Gasteiger partial charge >= 0.3 is 6.03 Å². The summed E-state index contributed by atoms with van der Waals surface area (Å²) in [6.07, 6.45) is 2.17. The van der Waals surface area contributed by atoms with Crippen LogP contribution in [0.25, 0.3) is 22.2 Å². The number of aryl methyl sites for hydroxylation is 1. The fourth-order valence-corrected chi connectivity index (χ4v) is 6.72. The van der Waals surface area contributed by atoms with Gasteiger partial charge in [-0.2, -0.15) is 0 Å². The highest BCUT2D eigenvalue weighted by molar-refractivity contribution is 7.14. The molecule has 0 bridgehead atoms. The molecule has 5 rings (SSSR count). The topological polar surface area (TPSA) is 107 Å². The molecule has 2 atom stereocenters. The number of thiazole rings is 1. The van der Waals surface area contributed by atoms with Crippen LogP contribution < -0.4 is 10.6 Å². The van der Waals surface area contributed by atoms with Crippen LogP contribution >= 0.6 is 11.3 Å². The minimum Gasteiger partial charge on any atom is -0.358 e. The van der Waals surface area contributed by atoms with Crippen molar-refractivity contribution < 1.29 is 14.4 Å². The second-order valence-electron chi connectivity index (χ2n) is 10.5. The van der Waals surface area contributed by atoms with E-state index < -0.39 is 17.5 Å². The summed E-state index contributed by atoms with van der Waals surface area (Å²) in [4.78, 5) is 47.7. The zero-order valence-corrected chi connectivity index (χ0v) is 20.6. The predicted octanol–water partition coefficient (Wildman–Crippen LogP) is 4.68. The zero-order valence-electron chi connectivity index (χ0n) is 19.8. The number of nitrogens with one attached hydrogen (secondary N) is 3. The van der Waals surface area contributed by atoms with E-state index in [1.807, 2.05) is 36.6 Å². The lowest BCUT2D eigenvalue weighted by molar-refractivity contribution is -0.136. The first kappa shape index (κ1) is 22.6. The van der Waals surface area contributed by atoms with E-state index in [1.165, 1.54) is 11.3 Å². The number of benzene rings is 1. The third-order valence-corrected chi connectivity index (χ3v) is 7.58. The molecule has 1 spiro atoms. The lowest BCUT2D eigenvalue weighted by Gasteiger charge is -2.43. The van der Waals surface area contributed by atoms with Crippen LogP contribution in [0.15, 0.2) is 29.6 Å². The van der Waals surface area contributed by atoms with Gasteiger partial charge in [-0.05, 0) is 43.6 Å². The molecule has 9 heteroatoms. The Hall–Kier alpha value is -3.20. The third-order valence-electron chi connectivity index (χ3n) is 6.83. The summed E-state index contributed by atoms with van der Waals surface area (Å²) in [5.74, 6) is -0.440. The van der Waals surface area contributed by atoms with E-state index in [-0.39, 0.29) is 17.9 Å². The number of aromatic amines is 1. The molecule has 34 heavy (non-hydrogen) atoms. The molecule has 4 amide bonds. The number of rotatable bonds is 4. The Morgan fingerprint density at radius 2 is 2.03 bits per heavy atom. The molecule has 3 N–H and O–H groups in total. The number of carbonyl (C=O) groups is 3. The summed E-state index contributed by atoms with van der Waals surface area (Å²) in [6, 6.07) is 7.50. The summed E-state index contributed by atoms with van der Waals surface area (Å²) in [6.45, 7) is 8.01. The smallest absolute Gasteiger partial charge is 0.325 e. The van der Waals surface area contributed by atoms with Crippen molar-refractivity contribution >= 4 is 45.2 Å². The Bertz CT molecular complexity index is 1310. The van der Waals surface area contributed by atoms with E-state index in [4.69, 9.17) is 0 Å². The Labute approximate surface area is 202 Å². The average molecular weight is 480 g/mol. The molecule has 2 aromatic heterocycles. The molecule has 2 fully saturated rings. The van der Waals surface area contributed by atoms with Gasteiger partial charge in [0.25, 0.3) is 5.91 Å². The van der Waals surface area contributed by atoms with E-state index >= 15 is 0 Å². The number of para-hydroxylation sites is 1. The van der Waals surface area contributed by atoms with Crippen molar-refractivity contribution in [3.05, 3.63) is 35.3 Å². The van der Waals surface area contributed by atoms with Crippen molar-refractivity contribution in [1.29, 1.82) is 0 Å². The van der Waals surface area contributed by atoms with Gasteiger partial charge in [-0.3, -0.25) is 14.5 Å². The van der Waals surface area contributed by atoms with Gasteiger partial charge in [-0.25, -0.2) is 9.78 Å². The first-order valence-electron chi connectivity index (χ1n) is 11.5. The Morgan fingerprint density at radius 1 is 1.26 bits per heavy atom. The maximum atomic E-state index is 13.3. The van der Waals surface area contributed by atoms with Gasteiger partial charge in [0.1, 0.15) is 12.1 Å². The molecular weight excluding hydrogens is 450 g/mol. The third kappa shape index (κ3) is 3.87. The van der Waals surface area contributed by atoms with Crippen LogP contribution in [-0.2, 0) is 9.59 Å². The Kier molecular flexibility index (Phi) is 5.27. The number of H-pyrrole nitrogens is 1. The maximum absolute atomic E-state index is 13.3. The fourth-order valence-electron chi connectivity index (χ4n) is 6.00. The van der Waals surface area contributed by atoms with Crippen LogP contribution in [0.1, 0.15) is 45.7 Å². The highest BCUT2D eigenvalue weighted by Crippen LogP contribution is 2.46. The molecule has 2 aliphatic rings. The van der Waals surface area contributed by atoms with Crippen molar-refractivity contribution in [3.63, 3.8) is 0 Å². The molecule has 2 unspecified atom stereocenters. The van der Waals surface area contributed by atoms with Crippen molar-refractivity contribution in [3.8, 4) is 11.3 Å². The Morgan fingerprint density at radius 3 is 2.79 bits per heavy atom. The molecule has 8 nitrogen and oxygen atoms in total. The van der Waals surface area contributed by atoms with E-state index in [9.17, 15) is 14.4 Å². The number of urea groups is 1. The number of hydrogen-bond acceptors (Lipinski definition) is 5.